The molecular formula is C8H12NO6-. The van der Waals surface area contributed by atoms with E-state index in [0.29, 0.717) is 0 Å². The lowest BCUT2D eigenvalue weighted by Crippen LogP contribution is -2.49. The van der Waals surface area contributed by atoms with Crippen LogP contribution in [0.3, 0.4) is 0 Å². The Labute approximate surface area is 86.3 Å². The standard InChI is InChI=1S/C8H13NO6/c1-3-15-8(13)9-5(7(11)12)4-6(10)14-2/h5H,3-4H2,1-2H3,(H,9,13)(H,11,12)/p-1/t5-/m0/s1. The molecule has 0 unspecified atom stereocenters. The normalized spacial score (nSPS) is 11.3. The van der Waals surface area contributed by atoms with Gasteiger partial charge in [-0.15, -0.1) is 0 Å². The first-order chi connectivity index (χ1) is 7.01. The predicted octanol–water partition coefficient (Wildman–Crippen LogP) is -1.59. The molecule has 0 aliphatic carbocycles. The van der Waals surface area contributed by atoms with Crippen molar-refractivity contribution >= 4 is 18.0 Å². The summed E-state index contributed by atoms with van der Waals surface area (Å²) in [7, 11) is 1.11. The van der Waals surface area contributed by atoms with E-state index in [2.05, 4.69) is 9.47 Å². The van der Waals surface area contributed by atoms with Crippen molar-refractivity contribution in [2.24, 2.45) is 0 Å². The highest BCUT2D eigenvalue weighted by molar-refractivity contribution is 5.84. The maximum absolute atomic E-state index is 10.9. The highest BCUT2D eigenvalue weighted by atomic mass is 16.5. The topological polar surface area (TPSA) is 105 Å². The van der Waals surface area contributed by atoms with E-state index in [1.165, 1.54) is 0 Å². The fraction of sp³-hybridized carbons (Fsp3) is 0.625. The Morgan fingerprint density at radius 1 is 1.40 bits per heavy atom. The zero-order valence-corrected chi connectivity index (χ0v) is 8.44. The summed E-state index contributed by atoms with van der Waals surface area (Å²) in [5, 5.41) is 12.5. The van der Waals surface area contributed by atoms with Gasteiger partial charge in [-0.1, -0.05) is 0 Å². The molecule has 0 spiro atoms. The van der Waals surface area contributed by atoms with E-state index >= 15 is 0 Å². The van der Waals surface area contributed by atoms with Gasteiger partial charge in [0.2, 0.25) is 0 Å². The molecule has 0 aromatic heterocycles. The van der Waals surface area contributed by atoms with Crippen LogP contribution in [0.15, 0.2) is 0 Å². The van der Waals surface area contributed by atoms with Gasteiger partial charge in [-0.2, -0.15) is 0 Å². The van der Waals surface area contributed by atoms with Gasteiger partial charge in [-0.3, -0.25) is 4.79 Å². The highest BCUT2D eigenvalue weighted by Crippen LogP contribution is 1.94. The lowest BCUT2D eigenvalue weighted by Gasteiger charge is -2.17. The molecule has 0 aliphatic heterocycles. The molecule has 0 aromatic rings. The number of carboxylic acids is 1. The van der Waals surface area contributed by atoms with Gasteiger partial charge < -0.3 is 24.7 Å². The summed E-state index contributed by atoms with van der Waals surface area (Å²) in [6.45, 7) is 1.66. The summed E-state index contributed by atoms with van der Waals surface area (Å²) < 4.78 is 8.69. The molecule has 7 nitrogen and oxygen atoms in total. The van der Waals surface area contributed by atoms with Crippen LogP contribution in [0.2, 0.25) is 0 Å². The van der Waals surface area contributed by atoms with Crippen molar-refractivity contribution < 1.29 is 29.0 Å². The maximum Gasteiger partial charge on any atom is 0.407 e. The first-order valence-electron chi connectivity index (χ1n) is 4.22. The monoisotopic (exact) mass is 218 g/mol. The lowest BCUT2D eigenvalue weighted by molar-refractivity contribution is -0.308. The fourth-order valence-electron chi connectivity index (χ4n) is 0.758. The Morgan fingerprint density at radius 3 is 2.40 bits per heavy atom. The number of carbonyl (C=O) groups excluding carboxylic acids is 3. The molecular weight excluding hydrogens is 206 g/mol. The third-order valence-corrected chi connectivity index (χ3v) is 1.45. The van der Waals surface area contributed by atoms with Crippen molar-refractivity contribution in [1.29, 1.82) is 0 Å². The van der Waals surface area contributed by atoms with E-state index in [9.17, 15) is 19.5 Å². The Hall–Kier alpha value is -1.79. The van der Waals surface area contributed by atoms with E-state index < -0.39 is 30.5 Å². The van der Waals surface area contributed by atoms with Crippen LogP contribution in [0.4, 0.5) is 4.79 Å². The first-order valence-corrected chi connectivity index (χ1v) is 4.22. The van der Waals surface area contributed by atoms with Crippen molar-refractivity contribution in [1.82, 2.24) is 5.32 Å². The number of carbonyl (C=O) groups is 3. The minimum atomic E-state index is -1.58. The molecule has 1 amide bonds. The second-order valence-electron chi connectivity index (χ2n) is 2.52. The van der Waals surface area contributed by atoms with Crippen LogP contribution in [0.5, 0.6) is 0 Å². The van der Waals surface area contributed by atoms with E-state index in [4.69, 9.17) is 0 Å². The number of carboxylic acid groups (broad SMARTS) is 1. The summed E-state index contributed by atoms with van der Waals surface area (Å²) >= 11 is 0. The van der Waals surface area contributed by atoms with Crippen LogP contribution >= 0.6 is 0 Å². The second kappa shape index (κ2) is 6.63. The van der Waals surface area contributed by atoms with Gasteiger partial charge in [0.15, 0.2) is 0 Å². The van der Waals surface area contributed by atoms with Crippen LogP contribution in [0.1, 0.15) is 13.3 Å². The van der Waals surface area contributed by atoms with Crippen LogP contribution in [-0.4, -0.2) is 37.8 Å². The average Bonchev–Trinajstić information content (AvgIpc) is 2.16. The van der Waals surface area contributed by atoms with E-state index in [1.807, 2.05) is 5.32 Å². The van der Waals surface area contributed by atoms with Crippen LogP contribution in [-0.2, 0) is 19.1 Å². The quantitative estimate of drug-likeness (QED) is 0.558. The van der Waals surface area contributed by atoms with Gasteiger partial charge in [0.1, 0.15) is 0 Å². The Bertz CT molecular complexity index is 252. The number of aliphatic carboxylic acids is 1. The fourth-order valence-corrected chi connectivity index (χ4v) is 0.758. The zero-order valence-electron chi connectivity index (χ0n) is 8.44. The van der Waals surface area contributed by atoms with Crippen LogP contribution in [0, 0.1) is 0 Å². The average molecular weight is 218 g/mol. The lowest BCUT2D eigenvalue weighted by atomic mass is 10.2. The summed E-state index contributed by atoms with van der Waals surface area (Å²) in [5.74, 6) is -2.34. The van der Waals surface area contributed by atoms with Gasteiger partial charge in [-0.25, -0.2) is 4.79 Å². The number of nitrogens with one attached hydrogen (secondary N) is 1. The molecule has 0 rings (SSSR count). The Balaban J connectivity index is 4.22. The Morgan fingerprint density at radius 2 is 2.00 bits per heavy atom. The number of hydrogen-bond acceptors (Lipinski definition) is 6. The summed E-state index contributed by atoms with van der Waals surface area (Å²) in [6, 6.07) is -1.45. The third-order valence-electron chi connectivity index (χ3n) is 1.45. The first kappa shape index (κ1) is 13.2. The molecule has 0 fully saturated rings. The molecule has 0 aromatic carbocycles. The third kappa shape index (κ3) is 5.50. The number of alkyl carbamates (subject to hydrolysis) is 1. The molecule has 0 radical (unpaired) electrons. The molecule has 15 heavy (non-hydrogen) atoms. The number of ether oxygens (including phenoxy) is 2. The second-order valence-corrected chi connectivity index (χ2v) is 2.52. The Kier molecular flexibility index (Phi) is 5.84. The molecule has 7 heteroatoms. The molecule has 1 N–H and O–H groups in total. The SMILES string of the molecule is CCOC(=O)N[C@@H](CC(=O)OC)C(=O)[O-]. The van der Waals surface area contributed by atoms with E-state index in [0.717, 1.165) is 7.11 Å². The van der Waals surface area contributed by atoms with Crippen molar-refractivity contribution in [3.05, 3.63) is 0 Å². The van der Waals surface area contributed by atoms with Crippen molar-refractivity contribution in [2.45, 2.75) is 19.4 Å². The smallest absolute Gasteiger partial charge is 0.407 e. The molecule has 1 atom stereocenters. The summed E-state index contributed by atoms with van der Waals surface area (Å²) in [5.41, 5.74) is 0. The van der Waals surface area contributed by atoms with Gasteiger partial charge in [0.25, 0.3) is 0 Å². The number of esters is 1. The van der Waals surface area contributed by atoms with Gasteiger partial charge in [0.05, 0.1) is 32.1 Å². The van der Waals surface area contributed by atoms with Gasteiger partial charge in [-0.05, 0) is 6.92 Å². The largest absolute Gasteiger partial charge is 0.548 e. The van der Waals surface area contributed by atoms with Crippen LogP contribution in [0.25, 0.3) is 0 Å². The van der Waals surface area contributed by atoms with Gasteiger partial charge >= 0.3 is 12.1 Å². The van der Waals surface area contributed by atoms with Gasteiger partial charge in [0, 0.05) is 0 Å². The zero-order chi connectivity index (χ0) is 11.8. The summed E-state index contributed by atoms with van der Waals surface area (Å²) in [6.07, 6.45) is -1.42. The number of methoxy groups -OCH3 is 1. The molecule has 86 valence electrons. The molecule has 0 bridgehead atoms. The molecule has 0 heterocycles. The number of amides is 1. The predicted molar refractivity (Wildman–Crippen MR) is 45.6 cm³/mol. The number of rotatable bonds is 5. The molecule has 0 saturated heterocycles. The van der Waals surface area contributed by atoms with E-state index in [1.54, 1.807) is 6.92 Å². The van der Waals surface area contributed by atoms with E-state index in [-0.39, 0.29) is 6.61 Å². The molecule has 0 saturated carbocycles. The minimum Gasteiger partial charge on any atom is -0.548 e. The highest BCUT2D eigenvalue weighted by Gasteiger charge is 2.18. The van der Waals surface area contributed by atoms with Crippen molar-refractivity contribution in [3.8, 4) is 0 Å². The van der Waals surface area contributed by atoms with Crippen LogP contribution < -0.4 is 10.4 Å². The van der Waals surface area contributed by atoms with Crippen molar-refractivity contribution in [2.75, 3.05) is 13.7 Å². The van der Waals surface area contributed by atoms with Crippen molar-refractivity contribution in [3.63, 3.8) is 0 Å². The number of hydrogen-bond donors (Lipinski definition) is 1. The maximum atomic E-state index is 10.9. The minimum absolute atomic E-state index is 0.101. The molecule has 0 aliphatic rings. The summed E-state index contributed by atoms with van der Waals surface area (Å²) in [4.78, 5) is 32.1.